The summed E-state index contributed by atoms with van der Waals surface area (Å²) in [5.74, 6) is -0.111. The van der Waals surface area contributed by atoms with Crippen LogP contribution in [0.1, 0.15) is 23.2 Å². The molecule has 1 fully saturated rings. The van der Waals surface area contributed by atoms with E-state index in [9.17, 15) is 13.2 Å². The van der Waals surface area contributed by atoms with Gasteiger partial charge in [0.15, 0.2) is 0 Å². The van der Waals surface area contributed by atoms with Crippen LogP contribution in [0.5, 0.6) is 5.75 Å². The molecule has 1 saturated heterocycles. The van der Waals surface area contributed by atoms with Crippen molar-refractivity contribution >= 4 is 44.8 Å². The number of hydrogen-bond acceptors (Lipinski definition) is 5. The molecule has 1 aliphatic heterocycles. The van der Waals surface area contributed by atoms with Gasteiger partial charge in [0, 0.05) is 23.7 Å². The number of ether oxygens (including phenoxy) is 2. The third-order valence-electron chi connectivity index (χ3n) is 4.42. The van der Waals surface area contributed by atoms with Crippen LogP contribution >= 0.6 is 23.2 Å². The van der Waals surface area contributed by atoms with Gasteiger partial charge in [0.2, 0.25) is 10.0 Å². The van der Waals surface area contributed by atoms with Crippen molar-refractivity contribution in [2.75, 3.05) is 25.6 Å². The fraction of sp³-hybridized carbons (Fsp3) is 0.316. The van der Waals surface area contributed by atoms with Crippen LogP contribution in [0, 0.1) is 0 Å². The Balaban J connectivity index is 1.80. The van der Waals surface area contributed by atoms with Crippen molar-refractivity contribution in [1.29, 1.82) is 0 Å². The highest BCUT2D eigenvalue weighted by Gasteiger charge is 2.23. The third-order valence-corrected chi connectivity index (χ3v) is 6.56. The SMILES string of the molecule is COc1ccc(Cl)cc1NC(=O)c1ccc(Cl)c(S(=O)(=O)NC[C@@H]2CCCO2)c1. The zero-order valence-electron chi connectivity index (χ0n) is 15.6. The number of rotatable bonds is 7. The topological polar surface area (TPSA) is 93.7 Å². The Morgan fingerprint density at radius 3 is 2.72 bits per heavy atom. The van der Waals surface area contributed by atoms with Crippen molar-refractivity contribution < 1.29 is 22.7 Å². The van der Waals surface area contributed by atoms with E-state index in [-0.39, 0.29) is 28.1 Å². The minimum Gasteiger partial charge on any atom is -0.495 e. The molecule has 2 aromatic carbocycles. The Kier molecular flexibility index (Phi) is 7.02. The number of sulfonamides is 1. The molecular weight excluding hydrogens is 439 g/mol. The van der Waals surface area contributed by atoms with Crippen LogP contribution in [0.2, 0.25) is 10.0 Å². The van der Waals surface area contributed by atoms with E-state index in [1.54, 1.807) is 12.1 Å². The van der Waals surface area contributed by atoms with Crippen LogP contribution in [0.3, 0.4) is 0 Å². The molecular formula is C19H20Cl2N2O5S. The van der Waals surface area contributed by atoms with E-state index in [4.69, 9.17) is 32.7 Å². The highest BCUT2D eigenvalue weighted by molar-refractivity contribution is 7.89. The number of carbonyl (C=O) groups is 1. The van der Waals surface area contributed by atoms with Crippen molar-refractivity contribution in [2.24, 2.45) is 0 Å². The summed E-state index contributed by atoms with van der Waals surface area (Å²) in [6, 6.07) is 8.81. The number of anilines is 1. The maximum atomic E-state index is 12.7. The van der Waals surface area contributed by atoms with Gasteiger partial charge in [0.1, 0.15) is 10.6 Å². The number of hydrogen-bond donors (Lipinski definition) is 2. The lowest BCUT2D eigenvalue weighted by Gasteiger charge is -2.14. The van der Waals surface area contributed by atoms with Gasteiger partial charge in [0.25, 0.3) is 5.91 Å². The van der Waals surface area contributed by atoms with Gasteiger partial charge in [-0.15, -0.1) is 0 Å². The first-order valence-electron chi connectivity index (χ1n) is 8.86. The van der Waals surface area contributed by atoms with Gasteiger partial charge in [-0.1, -0.05) is 23.2 Å². The van der Waals surface area contributed by atoms with Gasteiger partial charge in [-0.25, -0.2) is 13.1 Å². The molecule has 156 valence electrons. The van der Waals surface area contributed by atoms with Gasteiger partial charge in [0.05, 0.1) is 23.9 Å². The van der Waals surface area contributed by atoms with Crippen molar-refractivity contribution in [3.8, 4) is 5.75 Å². The maximum Gasteiger partial charge on any atom is 0.255 e. The molecule has 0 spiro atoms. The van der Waals surface area contributed by atoms with Crippen LogP contribution in [0.15, 0.2) is 41.3 Å². The van der Waals surface area contributed by atoms with Crippen molar-refractivity contribution in [3.05, 3.63) is 52.0 Å². The molecule has 0 aliphatic carbocycles. The van der Waals surface area contributed by atoms with E-state index in [0.717, 1.165) is 12.8 Å². The van der Waals surface area contributed by atoms with Crippen molar-refractivity contribution in [1.82, 2.24) is 4.72 Å². The van der Waals surface area contributed by atoms with Crippen LogP contribution in [-0.2, 0) is 14.8 Å². The third kappa shape index (κ3) is 5.40. The van der Waals surface area contributed by atoms with Gasteiger partial charge in [-0.05, 0) is 49.2 Å². The predicted octanol–water partition coefficient (Wildman–Crippen LogP) is 3.71. The van der Waals surface area contributed by atoms with Gasteiger partial charge < -0.3 is 14.8 Å². The second kappa shape index (κ2) is 9.32. The highest BCUT2D eigenvalue weighted by atomic mass is 35.5. The molecule has 0 radical (unpaired) electrons. The van der Waals surface area contributed by atoms with E-state index >= 15 is 0 Å². The van der Waals surface area contributed by atoms with Crippen LogP contribution < -0.4 is 14.8 Å². The summed E-state index contributed by atoms with van der Waals surface area (Å²) >= 11 is 12.1. The summed E-state index contributed by atoms with van der Waals surface area (Å²) in [6.07, 6.45) is 1.53. The van der Waals surface area contributed by atoms with Gasteiger partial charge in [-0.2, -0.15) is 0 Å². The summed E-state index contributed by atoms with van der Waals surface area (Å²) < 4.78 is 38.5. The minimum absolute atomic E-state index is 0.0155. The van der Waals surface area contributed by atoms with Crippen molar-refractivity contribution in [2.45, 2.75) is 23.8 Å². The standard InChI is InChI=1S/C19H20Cl2N2O5S/c1-27-17-7-5-13(20)10-16(17)23-19(24)12-4-6-15(21)18(9-12)29(25,26)22-11-14-3-2-8-28-14/h4-7,9-10,14,22H,2-3,8,11H2,1H3,(H,23,24)/t14-/m0/s1. The zero-order chi connectivity index (χ0) is 21.0. The first-order valence-corrected chi connectivity index (χ1v) is 11.1. The highest BCUT2D eigenvalue weighted by Crippen LogP contribution is 2.29. The second-order valence-corrected chi connectivity index (χ2v) is 9.01. The molecule has 1 heterocycles. The summed E-state index contributed by atoms with van der Waals surface area (Å²) in [5.41, 5.74) is 0.481. The lowest BCUT2D eigenvalue weighted by Crippen LogP contribution is -2.32. The lowest BCUT2D eigenvalue weighted by molar-refractivity contribution is 0.102. The summed E-state index contributed by atoms with van der Waals surface area (Å²) in [6.45, 7) is 0.768. The fourth-order valence-corrected chi connectivity index (χ4v) is 4.67. The number of methoxy groups -OCH3 is 1. The van der Waals surface area contributed by atoms with Crippen molar-refractivity contribution in [3.63, 3.8) is 0 Å². The number of benzene rings is 2. The normalized spacial score (nSPS) is 16.6. The molecule has 1 atom stereocenters. The molecule has 0 bridgehead atoms. The average molecular weight is 459 g/mol. The minimum atomic E-state index is -3.91. The van der Waals surface area contributed by atoms with Crippen LogP contribution in [0.25, 0.3) is 0 Å². The second-order valence-electron chi connectivity index (χ2n) is 6.43. The molecule has 1 amide bonds. The van der Waals surface area contributed by atoms with E-state index in [1.807, 2.05) is 0 Å². The number of carbonyl (C=O) groups excluding carboxylic acids is 1. The van der Waals surface area contributed by atoms with E-state index in [0.29, 0.717) is 23.1 Å². The number of amides is 1. The summed E-state index contributed by atoms with van der Waals surface area (Å²) in [5, 5.41) is 3.10. The van der Waals surface area contributed by atoms with E-state index < -0.39 is 15.9 Å². The predicted molar refractivity (Wildman–Crippen MR) is 112 cm³/mol. The molecule has 10 heteroatoms. The Hall–Kier alpha value is -1.84. The smallest absolute Gasteiger partial charge is 0.255 e. The molecule has 0 saturated carbocycles. The molecule has 0 unspecified atom stereocenters. The molecule has 3 rings (SSSR count). The van der Waals surface area contributed by atoms with E-state index in [2.05, 4.69) is 10.0 Å². The van der Waals surface area contributed by atoms with Crippen LogP contribution in [-0.4, -0.2) is 40.7 Å². The van der Waals surface area contributed by atoms with E-state index in [1.165, 1.54) is 31.4 Å². The lowest BCUT2D eigenvalue weighted by atomic mass is 10.2. The number of halogens is 2. The molecule has 2 N–H and O–H groups in total. The Bertz CT molecular complexity index is 1010. The number of nitrogens with one attached hydrogen (secondary N) is 2. The fourth-order valence-electron chi connectivity index (χ4n) is 2.91. The Labute approximate surface area is 179 Å². The summed E-state index contributed by atoms with van der Waals surface area (Å²) in [7, 11) is -2.45. The van der Waals surface area contributed by atoms with Gasteiger partial charge >= 0.3 is 0 Å². The molecule has 1 aliphatic rings. The Morgan fingerprint density at radius 1 is 1.24 bits per heavy atom. The Morgan fingerprint density at radius 2 is 2.03 bits per heavy atom. The van der Waals surface area contributed by atoms with Crippen LogP contribution in [0.4, 0.5) is 5.69 Å². The first-order chi connectivity index (χ1) is 13.8. The monoisotopic (exact) mass is 458 g/mol. The molecule has 2 aromatic rings. The molecule has 0 aromatic heterocycles. The largest absolute Gasteiger partial charge is 0.495 e. The first kappa shape index (κ1) is 21.9. The van der Waals surface area contributed by atoms with Gasteiger partial charge in [-0.3, -0.25) is 4.79 Å². The summed E-state index contributed by atoms with van der Waals surface area (Å²) in [4.78, 5) is 12.5. The maximum absolute atomic E-state index is 12.7. The average Bonchev–Trinajstić information content (AvgIpc) is 3.20. The zero-order valence-corrected chi connectivity index (χ0v) is 17.9. The molecule has 29 heavy (non-hydrogen) atoms. The molecule has 7 nitrogen and oxygen atoms in total. The quantitative estimate of drug-likeness (QED) is 0.659.